The lowest BCUT2D eigenvalue weighted by Gasteiger charge is -2.38. The van der Waals surface area contributed by atoms with Gasteiger partial charge in [0, 0.05) is 18.2 Å². The summed E-state index contributed by atoms with van der Waals surface area (Å²) in [5.41, 5.74) is 0.570. The van der Waals surface area contributed by atoms with Crippen LogP contribution in [0.15, 0.2) is 35.3 Å². The van der Waals surface area contributed by atoms with Crippen LogP contribution in [0.5, 0.6) is 0 Å². The predicted molar refractivity (Wildman–Crippen MR) is 83.8 cm³/mol. The molecule has 109 valence electrons. The van der Waals surface area contributed by atoms with Crippen molar-refractivity contribution in [3.63, 3.8) is 0 Å². The normalized spacial score (nSPS) is 26.6. The van der Waals surface area contributed by atoms with Gasteiger partial charge in [-0.3, -0.25) is 4.99 Å². The van der Waals surface area contributed by atoms with Crippen LogP contribution in [0.1, 0.15) is 25.3 Å². The van der Waals surface area contributed by atoms with Crippen molar-refractivity contribution >= 4 is 16.1 Å². The van der Waals surface area contributed by atoms with Gasteiger partial charge in [0.2, 0.25) is 0 Å². The van der Waals surface area contributed by atoms with Crippen LogP contribution in [-0.4, -0.2) is 32.2 Å². The van der Waals surface area contributed by atoms with Gasteiger partial charge in [-0.1, -0.05) is 37.3 Å². The predicted octanol–water partition coefficient (Wildman–Crippen LogP) is 2.72. The minimum Gasteiger partial charge on any atom is -0.297 e. The highest BCUT2D eigenvalue weighted by molar-refractivity contribution is 7.92. The highest BCUT2D eigenvalue weighted by atomic mass is 32.2. The van der Waals surface area contributed by atoms with E-state index in [-0.39, 0.29) is 5.75 Å². The molecule has 1 heterocycles. The molecule has 0 bridgehead atoms. The first-order valence-corrected chi connectivity index (χ1v) is 8.78. The Hall–Kier alpha value is -1.16. The minimum absolute atomic E-state index is 0.234. The third-order valence-corrected chi connectivity index (χ3v) is 6.40. The molecule has 0 aromatic heterocycles. The molecule has 0 aliphatic carbocycles. The molecule has 0 fully saturated rings. The molecule has 0 saturated heterocycles. The fraction of sp³-hybridized carbons (Fsp3) is 0.500. The van der Waals surface area contributed by atoms with Gasteiger partial charge < -0.3 is 0 Å². The maximum atomic E-state index is 12.5. The van der Waals surface area contributed by atoms with Crippen molar-refractivity contribution in [1.29, 1.82) is 0 Å². The van der Waals surface area contributed by atoms with E-state index in [2.05, 4.69) is 11.9 Å². The standard InChI is InChI=1S/C16H22NO2S/c1-3-11-20(18,19)15-9-10-17-13-16(15,2)12-14-7-5-4-6-8-14/h4-8,10,15H,2-3,9,11-13H2,1H3/t15?,16-/m1/s1. The molecular weight excluding hydrogens is 270 g/mol. The summed E-state index contributed by atoms with van der Waals surface area (Å²) in [6, 6.07) is 9.95. The highest BCUT2D eigenvalue weighted by Gasteiger charge is 2.43. The zero-order valence-corrected chi connectivity index (χ0v) is 12.8. The van der Waals surface area contributed by atoms with Gasteiger partial charge in [0.05, 0.1) is 11.0 Å². The van der Waals surface area contributed by atoms with Gasteiger partial charge in [0.1, 0.15) is 0 Å². The molecule has 20 heavy (non-hydrogen) atoms. The minimum atomic E-state index is -3.11. The van der Waals surface area contributed by atoms with Gasteiger partial charge in [0.25, 0.3) is 0 Å². The van der Waals surface area contributed by atoms with Crippen molar-refractivity contribution in [1.82, 2.24) is 0 Å². The zero-order valence-electron chi connectivity index (χ0n) is 12.0. The van der Waals surface area contributed by atoms with Crippen molar-refractivity contribution in [2.75, 3.05) is 12.3 Å². The summed E-state index contributed by atoms with van der Waals surface area (Å²) in [6.07, 6.45) is 3.53. The molecule has 1 radical (unpaired) electrons. The molecule has 2 rings (SSSR count). The lowest BCUT2D eigenvalue weighted by atomic mass is 9.78. The number of rotatable bonds is 5. The summed E-state index contributed by atoms with van der Waals surface area (Å²) in [5, 5.41) is -0.423. The third kappa shape index (κ3) is 3.29. The van der Waals surface area contributed by atoms with Crippen LogP contribution in [-0.2, 0) is 16.3 Å². The van der Waals surface area contributed by atoms with Crippen molar-refractivity contribution in [3.05, 3.63) is 42.8 Å². The maximum absolute atomic E-state index is 12.5. The highest BCUT2D eigenvalue weighted by Crippen LogP contribution is 2.35. The molecule has 0 saturated carbocycles. The first kappa shape index (κ1) is 15.2. The Morgan fingerprint density at radius 1 is 1.35 bits per heavy atom. The average Bonchev–Trinajstić information content (AvgIpc) is 2.39. The van der Waals surface area contributed by atoms with Crippen LogP contribution in [0.3, 0.4) is 0 Å². The van der Waals surface area contributed by atoms with Crippen molar-refractivity contribution in [2.24, 2.45) is 10.4 Å². The Kier molecular flexibility index (Phi) is 4.63. The number of nitrogens with zero attached hydrogens (tertiary/aromatic N) is 1. The van der Waals surface area contributed by atoms with Crippen molar-refractivity contribution in [3.8, 4) is 0 Å². The number of benzene rings is 1. The van der Waals surface area contributed by atoms with E-state index in [4.69, 9.17) is 0 Å². The number of hydrogen-bond donors (Lipinski definition) is 0. The molecule has 2 atom stereocenters. The Morgan fingerprint density at radius 3 is 2.70 bits per heavy atom. The lowest BCUT2D eigenvalue weighted by molar-refractivity contribution is 0.351. The molecule has 1 aliphatic rings. The summed E-state index contributed by atoms with van der Waals surface area (Å²) < 4.78 is 25.0. The molecule has 4 heteroatoms. The molecular formula is C16H22NO2S. The number of sulfone groups is 1. The van der Waals surface area contributed by atoms with Gasteiger partial charge in [0.15, 0.2) is 9.84 Å². The molecule has 1 unspecified atom stereocenters. The maximum Gasteiger partial charge on any atom is 0.154 e. The molecule has 0 spiro atoms. The Morgan fingerprint density at radius 2 is 2.05 bits per heavy atom. The van der Waals surface area contributed by atoms with Gasteiger partial charge in [-0.15, -0.1) is 0 Å². The smallest absolute Gasteiger partial charge is 0.154 e. The topological polar surface area (TPSA) is 46.5 Å². The quantitative estimate of drug-likeness (QED) is 0.837. The van der Waals surface area contributed by atoms with Gasteiger partial charge in [-0.2, -0.15) is 0 Å². The molecule has 3 nitrogen and oxygen atoms in total. The molecule has 0 amide bonds. The monoisotopic (exact) mass is 292 g/mol. The van der Waals surface area contributed by atoms with E-state index in [0.29, 0.717) is 25.8 Å². The van der Waals surface area contributed by atoms with Gasteiger partial charge in [-0.25, -0.2) is 8.42 Å². The average molecular weight is 292 g/mol. The second kappa shape index (κ2) is 6.08. The second-order valence-corrected chi connectivity index (χ2v) is 7.94. The Bertz CT molecular complexity index is 565. The van der Waals surface area contributed by atoms with E-state index < -0.39 is 20.5 Å². The molecule has 0 N–H and O–H groups in total. The summed E-state index contributed by atoms with van der Waals surface area (Å²) in [4.78, 5) is 4.30. The first-order valence-electron chi connectivity index (χ1n) is 7.07. The van der Waals surface area contributed by atoms with Crippen LogP contribution < -0.4 is 0 Å². The van der Waals surface area contributed by atoms with Crippen molar-refractivity contribution < 1.29 is 8.42 Å². The second-order valence-electron chi connectivity index (χ2n) is 5.64. The third-order valence-electron chi connectivity index (χ3n) is 3.86. The van der Waals surface area contributed by atoms with E-state index in [1.54, 1.807) is 6.21 Å². The Balaban J connectivity index is 2.28. The van der Waals surface area contributed by atoms with Crippen LogP contribution >= 0.6 is 0 Å². The van der Waals surface area contributed by atoms with Crippen molar-refractivity contribution in [2.45, 2.75) is 31.4 Å². The largest absolute Gasteiger partial charge is 0.297 e. The van der Waals surface area contributed by atoms with Crippen LogP contribution in [0.25, 0.3) is 0 Å². The van der Waals surface area contributed by atoms with E-state index in [1.165, 1.54) is 0 Å². The van der Waals surface area contributed by atoms with Crippen LogP contribution in [0.2, 0.25) is 0 Å². The van der Waals surface area contributed by atoms with Crippen LogP contribution in [0, 0.1) is 12.3 Å². The van der Waals surface area contributed by atoms with Gasteiger partial charge in [-0.05, 0) is 31.7 Å². The van der Waals surface area contributed by atoms with E-state index in [9.17, 15) is 8.42 Å². The van der Waals surface area contributed by atoms with Gasteiger partial charge >= 0.3 is 0 Å². The van der Waals surface area contributed by atoms with E-state index in [0.717, 1.165) is 5.56 Å². The molecule has 1 aliphatic heterocycles. The summed E-state index contributed by atoms with van der Waals surface area (Å²) in [7, 11) is -3.11. The number of aliphatic imine (C=N–C) groups is 1. The fourth-order valence-corrected chi connectivity index (χ4v) is 5.05. The molecule has 1 aromatic carbocycles. The molecule has 1 aromatic rings. The Labute approximate surface area is 122 Å². The summed E-state index contributed by atoms with van der Waals surface area (Å²) in [6.45, 7) is 6.64. The summed E-state index contributed by atoms with van der Waals surface area (Å²) in [5.74, 6) is 0.234. The number of hydrogen-bond acceptors (Lipinski definition) is 3. The fourth-order valence-electron chi connectivity index (χ4n) is 2.89. The first-order chi connectivity index (χ1) is 9.48. The van der Waals surface area contributed by atoms with E-state index >= 15 is 0 Å². The van der Waals surface area contributed by atoms with E-state index in [1.807, 2.05) is 37.3 Å². The lowest BCUT2D eigenvalue weighted by Crippen LogP contribution is -2.46. The van der Waals surface area contributed by atoms with Crippen LogP contribution in [0.4, 0.5) is 0 Å². The SMILES string of the molecule is [CH2][C@@]1(Cc2ccccc2)CN=CCC1S(=O)(=O)CCC. The zero-order chi connectivity index (χ0) is 14.6. The summed E-state index contributed by atoms with van der Waals surface area (Å²) >= 11 is 0.